The van der Waals surface area contributed by atoms with Crippen molar-refractivity contribution < 1.29 is 18.1 Å². The lowest BCUT2D eigenvalue weighted by Gasteiger charge is -2.37. The first kappa shape index (κ1) is 19.8. The van der Waals surface area contributed by atoms with Crippen LogP contribution in [0.2, 0.25) is 0 Å². The van der Waals surface area contributed by atoms with Crippen molar-refractivity contribution in [2.45, 2.75) is 44.2 Å². The van der Waals surface area contributed by atoms with Gasteiger partial charge in [-0.25, -0.2) is 8.78 Å². The molecule has 1 unspecified atom stereocenters. The van der Waals surface area contributed by atoms with Crippen molar-refractivity contribution in [3.05, 3.63) is 35.6 Å². The Bertz CT molecular complexity index is 560. The van der Waals surface area contributed by atoms with Gasteiger partial charge in [-0.3, -0.25) is 0 Å². The zero-order valence-corrected chi connectivity index (χ0v) is 14.5. The molecule has 7 heteroatoms. The summed E-state index contributed by atoms with van der Waals surface area (Å²) in [6.07, 6.45) is -1.70. The van der Waals surface area contributed by atoms with Gasteiger partial charge in [-0.1, -0.05) is 18.2 Å². The Morgan fingerprint density at radius 2 is 1.96 bits per heavy atom. The second kappa shape index (κ2) is 8.06. The Hall–Kier alpha value is -1.20. The summed E-state index contributed by atoms with van der Waals surface area (Å²) < 4.78 is 48.4. The molecule has 128 valence electrons. The van der Waals surface area contributed by atoms with Crippen LogP contribution in [0.5, 0.6) is 0 Å². The first-order valence-electron chi connectivity index (χ1n) is 7.16. The molecular weight excluding hydrogens is 322 g/mol. The molecule has 23 heavy (non-hydrogen) atoms. The highest BCUT2D eigenvalue weighted by Gasteiger charge is 2.45. The van der Waals surface area contributed by atoms with Crippen LogP contribution in [-0.4, -0.2) is 28.7 Å². The van der Waals surface area contributed by atoms with Gasteiger partial charge in [0.2, 0.25) is 0 Å². The Morgan fingerprint density at radius 1 is 1.35 bits per heavy atom. The highest BCUT2D eigenvalue weighted by molar-refractivity contribution is 7.90. The van der Waals surface area contributed by atoms with Gasteiger partial charge in [0.05, 0.1) is 12.7 Å². The van der Waals surface area contributed by atoms with Crippen LogP contribution in [0.3, 0.4) is 0 Å². The Balaban J connectivity index is 3.15. The lowest BCUT2D eigenvalue weighted by atomic mass is 9.88. The van der Waals surface area contributed by atoms with E-state index in [0.29, 0.717) is 0 Å². The molecule has 1 aromatic carbocycles. The van der Waals surface area contributed by atoms with E-state index in [0.717, 1.165) is 0 Å². The molecule has 1 N–H and O–H groups in total. The summed E-state index contributed by atoms with van der Waals surface area (Å²) in [4.78, 5) is 0. The third-order valence-corrected chi connectivity index (χ3v) is 5.07. The van der Waals surface area contributed by atoms with Gasteiger partial charge < -0.3 is 9.29 Å². The van der Waals surface area contributed by atoms with Crippen molar-refractivity contribution in [2.75, 3.05) is 13.2 Å². The third kappa shape index (κ3) is 5.15. The topological polar surface area (TPSA) is 68.1 Å². The molecule has 1 rings (SSSR count). The summed E-state index contributed by atoms with van der Waals surface area (Å²) in [5.41, 5.74) is -1.50. The molecule has 4 nitrogen and oxygen atoms in total. The van der Waals surface area contributed by atoms with Crippen LogP contribution in [0.15, 0.2) is 24.3 Å². The molecule has 0 fully saturated rings. The van der Waals surface area contributed by atoms with Gasteiger partial charge >= 0.3 is 0 Å². The van der Waals surface area contributed by atoms with Gasteiger partial charge in [0.15, 0.2) is 0 Å². The second-order valence-corrected chi connectivity index (χ2v) is 8.27. The Labute approximate surface area is 139 Å². The van der Waals surface area contributed by atoms with Gasteiger partial charge in [-0.05, 0) is 33.8 Å². The van der Waals surface area contributed by atoms with Crippen molar-refractivity contribution in [1.29, 1.82) is 5.26 Å². The molecule has 0 saturated carbocycles. The predicted octanol–water partition coefficient (Wildman–Crippen LogP) is 2.97. The SMILES string of the molecule is CC(C)(C)[S+]([O-])N[C@](C)(c1ccccc1F)[C@@H](F)COCC#N. The van der Waals surface area contributed by atoms with Crippen molar-refractivity contribution in [1.82, 2.24) is 4.72 Å². The van der Waals surface area contributed by atoms with Crippen LogP contribution in [0, 0.1) is 17.1 Å². The quantitative estimate of drug-likeness (QED) is 0.610. The largest absolute Gasteiger partial charge is 0.598 e. The monoisotopic (exact) mass is 344 g/mol. The number of ether oxygens (including phenoxy) is 1. The maximum Gasteiger partial charge on any atom is 0.150 e. The van der Waals surface area contributed by atoms with Crippen molar-refractivity contribution in [2.24, 2.45) is 0 Å². The van der Waals surface area contributed by atoms with Crippen molar-refractivity contribution in [3.8, 4) is 6.07 Å². The molecule has 0 aliphatic rings. The number of nitrogens with one attached hydrogen (secondary N) is 1. The molecule has 0 bridgehead atoms. The summed E-state index contributed by atoms with van der Waals surface area (Å²) in [5, 5.41) is 8.47. The van der Waals surface area contributed by atoms with Crippen LogP contribution in [0.1, 0.15) is 33.3 Å². The molecule has 0 aliphatic carbocycles. The fraction of sp³-hybridized carbons (Fsp3) is 0.562. The van der Waals surface area contributed by atoms with Crippen LogP contribution < -0.4 is 4.72 Å². The number of halogens is 2. The van der Waals surface area contributed by atoms with E-state index in [1.165, 1.54) is 25.1 Å². The molecule has 0 spiro atoms. The highest BCUT2D eigenvalue weighted by atomic mass is 32.2. The number of alkyl halides is 1. The normalized spacial score (nSPS) is 17.1. The molecule has 0 saturated heterocycles. The molecule has 1 aromatic rings. The van der Waals surface area contributed by atoms with E-state index in [1.807, 2.05) is 0 Å². The fourth-order valence-corrected chi connectivity index (χ4v) is 2.82. The maximum absolute atomic E-state index is 14.8. The average molecular weight is 344 g/mol. The Kier molecular flexibility index (Phi) is 6.96. The summed E-state index contributed by atoms with van der Waals surface area (Å²) in [7, 11) is 0. The van der Waals surface area contributed by atoms with Gasteiger partial charge in [0.25, 0.3) is 0 Å². The number of benzene rings is 1. The van der Waals surface area contributed by atoms with Crippen LogP contribution in [-0.2, 0) is 21.6 Å². The number of nitriles is 1. The van der Waals surface area contributed by atoms with E-state index in [1.54, 1.807) is 32.9 Å². The minimum Gasteiger partial charge on any atom is -0.598 e. The molecule has 0 radical (unpaired) electrons. The summed E-state index contributed by atoms with van der Waals surface area (Å²) in [6.45, 7) is 5.96. The van der Waals surface area contributed by atoms with E-state index >= 15 is 0 Å². The fourth-order valence-electron chi connectivity index (χ4n) is 1.89. The number of hydrogen-bond acceptors (Lipinski definition) is 4. The molecule has 0 aromatic heterocycles. The Morgan fingerprint density at radius 3 is 2.48 bits per heavy atom. The van der Waals surface area contributed by atoms with E-state index in [9.17, 15) is 13.3 Å². The molecule has 0 heterocycles. The summed E-state index contributed by atoms with van der Waals surface area (Å²) in [6, 6.07) is 7.50. The van der Waals surface area contributed by atoms with Gasteiger partial charge in [0.1, 0.15) is 28.9 Å². The van der Waals surface area contributed by atoms with Crippen molar-refractivity contribution >= 4 is 11.4 Å². The molecule has 3 atom stereocenters. The van der Waals surface area contributed by atoms with Gasteiger partial charge in [-0.2, -0.15) is 5.26 Å². The van der Waals surface area contributed by atoms with E-state index in [2.05, 4.69) is 4.72 Å². The maximum atomic E-state index is 14.8. The smallest absolute Gasteiger partial charge is 0.150 e. The van der Waals surface area contributed by atoms with Gasteiger partial charge in [0, 0.05) is 16.9 Å². The number of hydrogen-bond donors (Lipinski definition) is 1. The van der Waals surface area contributed by atoms with E-state index in [-0.39, 0.29) is 12.2 Å². The standard InChI is InChI=1S/C16H22F2N2O2S/c1-15(2,3)23(21)20-16(4,14(18)11-22-10-9-19)12-7-5-6-8-13(12)17/h5-8,14,20H,10-11H2,1-4H3/t14-,16+,23?/m0/s1. The predicted molar refractivity (Wildman–Crippen MR) is 86.1 cm³/mol. The summed E-state index contributed by atoms with van der Waals surface area (Å²) in [5.74, 6) is -0.601. The lowest BCUT2D eigenvalue weighted by molar-refractivity contribution is 0.0556. The molecule has 0 aliphatic heterocycles. The van der Waals surface area contributed by atoms with Gasteiger partial charge in [-0.15, -0.1) is 4.72 Å². The average Bonchev–Trinajstić information content (AvgIpc) is 2.46. The first-order valence-corrected chi connectivity index (χ1v) is 8.31. The van der Waals surface area contributed by atoms with Crippen LogP contribution >= 0.6 is 0 Å². The molecule has 0 amide bonds. The number of nitrogens with zero attached hydrogens (tertiary/aromatic N) is 1. The van der Waals surface area contributed by atoms with E-state index in [4.69, 9.17) is 10.00 Å². The molecular formula is C16H22F2N2O2S. The van der Waals surface area contributed by atoms with E-state index < -0.39 is 40.2 Å². The number of rotatable bonds is 7. The third-order valence-electron chi connectivity index (χ3n) is 3.35. The minimum absolute atomic E-state index is 0.0608. The first-order chi connectivity index (χ1) is 10.6. The zero-order valence-electron chi connectivity index (χ0n) is 13.7. The van der Waals surface area contributed by atoms with Crippen LogP contribution in [0.25, 0.3) is 0 Å². The van der Waals surface area contributed by atoms with Crippen LogP contribution in [0.4, 0.5) is 8.78 Å². The summed E-state index contributed by atoms with van der Waals surface area (Å²) >= 11 is -1.62. The van der Waals surface area contributed by atoms with Crippen molar-refractivity contribution in [3.63, 3.8) is 0 Å². The second-order valence-electron chi connectivity index (χ2n) is 6.31. The highest BCUT2D eigenvalue weighted by Crippen LogP contribution is 2.32. The lowest BCUT2D eigenvalue weighted by Crippen LogP contribution is -2.56. The minimum atomic E-state index is -1.70. The zero-order chi connectivity index (χ0) is 17.7.